The van der Waals surface area contributed by atoms with E-state index in [-0.39, 0.29) is 18.0 Å². The number of aromatic nitrogens is 1. The van der Waals surface area contributed by atoms with Crippen LogP contribution in [0.2, 0.25) is 0 Å². The number of rotatable bonds is 9. The van der Waals surface area contributed by atoms with Crippen molar-refractivity contribution in [3.63, 3.8) is 0 Å². The van der Waals surface area contributed by atoms with Gasteiger partial charge in [0.1, 0.15) is 18.2 Å². The number of aliphatic carboxylic acids is 1. The maximum atomic E-state index is 13.6. The Hall–Kier alpha value is -4.63. The minimum Gasteiger partial charge on any atom is -0.480 e. The third kappa shape index (κ3) is 5.66. The molecule has 0 radical (unpaired) electrons. The summed E-state index contributed by atoms with van der Waals surface area (Å²) in [5, 5.41) is 20.0. The fourth-order valence-corrected chi connectivity index (χ4v) is 4.15. The van der Waals surface area contributed by atoms with Crippen molar-refractivity contribution in [2.45, 2.75) is 19.4 Å². The van der Waals surface area contributed by atoms with E-state index in [9.17, 15) is 20.0 Å². The highest BCUT2D eigenvalue weighted by Crippen LogP contribution is 2.25. The molecule has 174 valence electrons. The molecule has 1 N–H and O–H groups in total. The Labute approximate surface area is 204 Å². The zero-order valence-electron chi connectivity index (χ0n) is 19.2. The number of nitrogens with zero attached hydrogens (tertiary/aromatic N) is 3. The number of aryl methyl sites for hydroxylation is 1. The Morgan fingerprint density at radius 1 is 0.943 bits per heavy atom. The Morgan fingerprint density at radius 3 is 2.29 bits per heavy atom. The number of amides is 1. The molecule has 0 unspecified atom stereocenters. The number of carbonyl (C=O) groups is 2. The smallest absolute Gasteiger partial charge is 0.323 e. The second-order valence-corrected chi connectivity index (χ2v) is 8.17. The molecular weight excluding hydrogens is 438 g/mol. The van der Waals surface area contributed by atoms with Crippen molar-refractivity contribution in [1.82, 2.24) is 4.57 Å². The van der Waals surface area contributed by atoms with Crippen LogP contribution in [-0.2, 0) is 22.6 Å². The first-order chi connectivity index (χ1) is 17.1. The number of carboxylic acids is 1. The summed E-state index contributed by atoms with van der Waals surface area (Å²) in [4.78, 5) is 26.5. The number of carbonyl (C=O) groups excluding carboxylic acids is 1. The Kier molecular flexibility index (Phi) is 7.39. The lowest BCUT2D eigenvalue weighted by Crippen LogP contribution is -2.33. The van der Waals surface area contributed by atoms with Gasteiger partial charge in [0.25, 0.3) is 5.91 Å². The molecule has 0 aliphatic rings. The van der Waals surface area contributed by atoms with Crippen molar-refractivity contribution < 1.29 is 14.7 Å². The van der Waals surface area contributed by atoms with Gasteiger partial charge in [0.2, 0.25) is 0 Å². The zero-order chi connectivity index (χ0) is 24.6. The standard InChI is InChI=1S/C29H25N3O3/c30-19-23(18-24-20-31(21-28(33)34)27-16-8-7-15-26(24)27)29(35)32(25-13-5-2-6-14-25)17-9-12-22-10-3-1-4-11-22/h1-8,10-11,13-16,18,20H,9,12,17,21H2,(H,33,34). The van der Waals surface area contributed by atoms with Crippen molar-refractivity contribution in [3.8, 4) is 6.07 Å². The highest BCUT2D eigenvalue weighted by atomic mass is 16.4. The Balaban J connectivity index is 1.65. The van der Waals surface area contributed by atoms with Crippen LogP contribution in [-0.4, -0.2) is 28.1 Å². The number of hydrogen-bond donors (Lipinski definition) is 1. The van der Waals surface area contributed by atoms with Crippen molar-refractivity contribution in [2.75, 3.05) is 11.4 Å². The number of carboxylic acid groups (broad SMARTS) is 1. The minimum atomic E-state index is -0.966. The second kappa shape index (κ2) is 11.0. The molecule has 6 nitrogen and oxygen atoms in total. The van der Waals surface area contributed by atoms with Gasteiger partial charge in [-0.2, -0.15) is 5.26 Å². The van der Waals surface area contributed by atoms with Gasteiger partial charge < -0.3 is 14.6 Å². The number of nitriles is 1. The van der Waals surface area contributed by atoms with Crippen LogP contribution >= 0.6 is 0 Å². The van der Waals surface area contributed by atoms with Gasteiger partial charge >= 0.3 is 5.97 Å². The summed E-state index contributed by atoms with van der Waals surface area (Å²) in [5.41, 5.74) is 3.26. The first-order valence-electron chi connectivity index (χ1n) is 11.4. The molecule has 0 fully saturated rings. The summed E-state index contributed by atoms with van der Waals surface area (Å²) < 4.78 is 1.61. The largest absolute Gasteiger partial charge is 0.480 e. The van der Waals surface area contributed by atoms with Gasteiger partial charge in [0.05, 0.1) is 0 Å². The Bertz CT molecular complexity index is 1400. The first-order valence-corrected chi connectivity index (χ1v) is 11.4. The van der Waals surface area contributed by atoms with Crippen LogP contribution in [0, 0.1) is 11.3 Å². The number of fused-ring (bicyclic) bond motifs is 1. The van der Waals surface area contributed by atoms with Gasteiger partial charge in [-0.15, -0.1) is 0 Å². The maximum Gasteiger partial charge on any atom is 0.323 e. The highest BCUT2D eigenvalue weighted by molar-refractivity contribution is 6.12. The van der Waals surface area contributed by atoms with E-state index in [2.05, 4.69) is 18.2 Å². The van der Waals surface area contributed by atoms with Crippen LogP contribution in [0.5, 0.6) is 0 Å². The van der Waals surface area contributed by atoms with E-state index in [0.717, 1.165) is 29.4 Å². The van der Waals surface area contributed by atoms with Crippen molar-refractivity contribution in [1.29, 1.82) is 5.26 Å². The number of hydrogen-bond acceptors (Lipinski definition) is 3. The molecule has 0 saturated carbocycles. The second-order valence-electron chi connectivity index (χ2n) is 8.17. The van der Waals surface area contributed by atoms with E-state index in [0.29, 0.717) is 12.1 Å². The monoisotopic (exact) mass is 463 g/mol. The molecule has 3 aromatic carbocycles. The molecule has 0 spiro atoms. The van der Waals surface area contributed by atoms with Gasteiger partial charge in [0.15, 0.2) is 0 Å². The van der Waals surface area contributed by atoms with E-state index in [1.807, 2.05) is 72.8 Å². The maximum absolute atomic E-state index is 13.6. The van der Waals surface area contributed by atoms with Crippen molar-refractivity contribution >= 4 is 34.5 Å². The van der Waals surface area contributed by atoms with Crippen LogP contribution in [0.4, 0.5) is 5.69 Å². The molecule has 0 atom stereocenters. The molecule has 0 saturated heterocycles. The van der Waals surface area contributed by atoms with Crippen LogP contribution < -0.4 is 4.90 Å². The lowest BCUT2D eigenvalue weighted by Gasteiger charge is -2.22. The van der Waals surface area contributed by atoms with E-state index < -0.39 is 5.97 Å². The summed E-state index contributed by atoms with van der Waals surface area (Å²) in [6, 6.07) is 28.8. The quantitative estimate of drug-likeness (QED) is 0.270. The average molecular weight is 464 g/mol. The fraction of sp³-hybridized carbons (Fsp3) is 0.138. The van der Waals surface area contributed by atoms with Gasteiger partial charge in [-0.3, -0.25) is 9.59 Å². The van der Waals surface area contributed by atoms with E-state index in [1.165, 1.54) is 5.56 Å². The van der Waals surface area contributed by atoms with Gasteiger partial charge in [0, 0.05) is 34.9 Å². The molecule has 1 amide bonds. The van der Waals surface area contributed by atoms with Crippen LogP contribution in [0.1, 0.15) is 17.5 Å². The third-order valence-corrected chi connectivity index (χ3v) is 5.78. The summed E-state index contributed by atoms with van der Waals surface area (Å²) in [6.45, 7) is 0.247. The van der Waals surface area contributed by atoms with Crippen LogP contribution in [0.15, 0.2) is 96.7 Å². The van der Waals surface area contributed by atoms with Gasteiger partial charge in [-0.25, -0.2) is 0 Å². The van der Waals surface area contributed by atoms with Crippen LogP contribution in [0.3, 0.4) is 0 Å². The summed E-state index contributed by atoms with van der Waals surface area (Å²) in [7, 11) is 0. The molecule has 4 rings (SSSR count). The summed E-state index contributed by atoms with van der Waals surface area (Å²) >= 11 is 0. The number of para-hydroxylation sites is 2. The molecule has 1 aromatic heterocycles. The lowest BCUT2D eigenvalue weighted by molar-refractivity contribution is -0.137. The summed E-state index contributed by atoms with van der Waals surface area (Å²) in [6.07, 6.45) is 4.77. The molecular formula is C29H25N3O3. The highest BCUT2D eigenvalue weighted by Gasteiger charge is 2.21. The van der Waals surface area contributed by atoms with E-state index in [1.54, 1.807) is 21.7 Å². The van der Waals surface area contributed by atoms with Gasteiger partial charge in [-0.05, 0) is 42.7 Å². The zero-order valence-corrected chi connectivity index (χ0v) is 19.2. The summed E-state index contributed by atoms with van der Waals surface area (Å²) in [5.74, 6) is -1.35. The molecule has 35 heavy (non-hydrogen) atoms. The third-order valence-electron chi connectivity index (χ3n) is 5.78. The van der Waals surface area contributed by atoms with E-state index in [4.69, 9.17) is 0 Å². The predicted octanol–water partition coefficient (Wildman–Crippen LogP) is 5.30. The van der Waals surface area contributed by atoms with Crippen LogP contribution in [0.25, 0.3) is 17.0 Å². The number of anilines is 1. The predicted molar refractivity (Wildman–Crippen MR) is 137 cm³/mol. The SMILES string of the molecule is N#CC(=Cc1cn(CC(=O)O)c2ccccc12)C(=O)N(CCCc1ccccc1)c1ccccc1. The number of benzene rings is 3. The lowest BCUT2D eigenvalue weighted by atomic mass is 10.1. The first kappa shape index (κ1) is 23.5. The molecule has 6 heteroatoms. The average Bonchev–Trinajstić information content (AvgIpc) is 3.22. The molecule has 1 heterocycles. The normalized spacial score (nSPS) is 11.2. The molecule has 0 aliphatic carbocycles. The topological polar surface area (TPSA) is 86.3 Å². The molecule has 0 bridgehead atoms. The molecule has 4 aromatic rings. The van der Waals surface area contributed by atoms with E-state index >= 15 is 0 Å². The minimum absolute atomic E-state index is 0.00760. The van der Waals surface area contributed by atoms with Crippen molar-refractivity contribution in [2.24, 2.45) is 0 Å². The van der Waals surface area contributed by atoms with Gasteiger partial charge in [-0.1, -0.05) is 66.7 Å². The molecule has 0 aliphatic heterocycles. The fourth-order valence-electron chi connectivity index (χ4n) is 4.15. The van der Waals surface area contributed by atoms with Crippen molar-refractivity contribution in [3.05, 3.63) is 108 Å². The Morgan fingerprint density at radius 2 is 1.60 bits per heavy atom.